The highest BCUT2D eigenvalue weighted by Gasteiger charge is 2.38. The minimum Gasteiger partial charge on any atom is -0.353 e. The average Bonchev–Trinajstić information content (AvgIpc) is 2.29. The zero-order valence-corrected chi connectivity index (χ0v) is 9.71. The van der Waals surface area contributed by atoms with Crippen LogP contribution in [0.25, 0.3) is 0 Å². The summed E-state index contributed by atoms with van der Waals surface area (Å²) < 4.78 is 0. The molecule has 0 radical (unpaired) electrons. The van der Waals surface area contributed by atoms with Crippen LogP contribution >= 0.6 is 0 Å². The Bertz CT molecular complexity index is 298. The van der Waals surface area contributed by atoms with Gasteiger partial charge < -0.3 is 15.5 Å². The molecule has 2 N–H and O–H groups in total. The molecule has 5 nitrogen and oxygen atoms in total. The fraction of sp³-hybridized carbons (Fsp3) is 0.818. The highest BCUT2D eigenvalue weighted by Crippen LogP contribution is 2.28. The molecule has 1 unspecified atom stereocenters. The molecule has 0 saturated carbocycles. The molecule has 16 heavy (non-hydrogen) atoms. The van der Waals surface area contributed by atoms with Crippen LogP contribution in [-0.4, -0.2) is 49.4 Å². The topological polar surface area (TPSA) is 61.4 Å². The summed E-state index contributed by atoms with van der Waals surface area (Å²) in [5, 5.41) is 5.99. The summed E-state index contributed by atoms with van der Waals surface area (Å²) in [6, 6.07) is 0. The fourth-order valence-electron chi connectivity index (χ4n) is 2.43. The lowest BCUT2D eigenvalue weighted by Crippen LogP contribution is -2.56. The molecule has 0 spiro atoms. The van der Waals surface area contributed by atoms with E-state index in [0.29, 0.717) is 13.1 Å². The minimum absolute atomic E-state index is 0.0491. The van der Waals surface area contributed by atoms with Gasteiger partial charge in [-0.3, -0.25) is 9.59 Å². The number of piperidine rings is 1. The molecule has 1 atom stereocenters. The van der Waals surface area contributed by atoms with E-state index < -0.39 is 0 Å². The highest BCUT2D eigenvalue weighted by molar-refractivity contribution is 5.89. The van der Waals surface area contributed by atoms with E-state index in [1.807, 2.05) is 6.92 Å². The maximum absolute atomic E-state index is 12.3. The van der Waals surface area contributed by atoms with Crippen molar-refractivity contribution in [2.45, 2.75) is 19.8 Å². The second kappa shape index (κ2) is 4.41. The van der Waals surface area contributed by atoms with Crippen molar-refractivity contribution < 1.29 is 9.59 Å². The third-order valence-electron chi connectivity index (χ3n) is 3.44. The summed E-state index contributed by atoms with van der Waals surface area (Å²) in [6.45, 7) is 5.14. The number of amides is 2. The Morgan fingerprint density at radius 1 is 1.44 bits per heavy atom. The molecule has 0 bridgehead atoms. The average molecular weight is 225 g/mol. The molecular weight excluding hydrogens is 206 g/mol. The summed E-state index contributed by atoms with van der Waals surface area (Å²) in [7, 11) is 0. The van der Waals surface area contributed by atoms with Gasteiger partial charge in [-0.1, -0.05) is 0 Å². The smallest absolute Gasteiger partial charge is 0.239 e. The molecular formula is C11H19N3O2. The van der Waals surface area contributed by atoms with Gasteiger partial charge in [-0.05, 0) is 26.3 Å². The highest BCUT2D eigenvalue weighted by atomic mass is 16.2. The van der Waals surface area contributed by atoms with E-state index >= 15 is 0 Å². The Kier molecular flexibility index (Phi) is 3.14. The van der Waals surface area contributed by atoms with Crippen molar-refractivity contribution in [3.8, 4) is 0 Å². The monoisotopic (exact) mass is 225 g/mol. The molecule has 2 heterocycles. The Labute approximate surface area is 95.6 Å². The van der Waals surface area contributed by atoms with Crippen molar-refractivity contribution in [2.75, 3.05) is 32.7 Å². The first kappa shape index (κ1) is 11.4. The van der Waals surface area contributed by atoms with Gasteiger partial charge in [-0.15, -0.1) is 0 Å². The molecule has 2 fully saturated rings. The van der Waals surface area contributed by atoms with Crippen LogP contribution < -0.4 is 10.6 Å². The van der Waals surface area contributed by atoms with Crippen molar-refractivity contribution in [3.63, 3.8) is 0 Å². The summed E-state index contributed by atoms with van der Waals surface area (Å²) in [4.78, 5) is 25.3. The zero-order chi connectivity index (χ0) is 11.6. The van der Waals surface area contributed by atoms with Gasteiger partial charge in [0.1, 0.15) is 0 Å². The van der Waals surface area contributed by atoms with Crippen LogP contribution in [0.1, 0.15) is 19.8 Å². The van der Waals surface area contributed by atoms with Gasteiger partial charge in [0.15, 0.2) is 0 Å². The number of piperazine rings is 1. The number of nitrogens with one attached hydrogen (secondary N) is 2. The maximum Gasteiger partial charge on any atom is 0.239 e. The normalized spacial score (nSPS) is 31.1. The Balaban J connectivity index is 2.02. The van der Waals surface area contributed by atoms with Gasteiger partial charge in [0.2, 0.25) is 11.8 Å². The second-order valence-corrected chi connectivity index (χ2v) is 4.92. The van der Waals surface area contributed by atoms with Crippen molar-refractivity contribution in [1.29, 1.82) is 0 Å². The van der Waals surface area contributed by atoms with E-state index in [1.54, 1.807) is 4.90 Å². The lowest BCUT2D eigenvalue weighted by atomic mass is 9.81. The quantitative estimate of drug-likeness (QED) is 0.622. The van der Waals surface area contributed by atoms with Crippen molar-refractivity contribution >= 4 is 11.8 Å². The standard InChI is InChI=1S/C11H19N3O2/c1-11(3-2-4-12-8-11)10(16)14-6-5-13-9(15)7-14/h12H,2-8H2,1H3,(H,13,15). The van der Waals surface area contributed by atoms with Gasteiger partial charge in [0, 0.05) is 19.6 Å². The van der Waals surface area contributed by atoms with Gasteiger partial charge in [0.05, 0.1) is 12.0 Å². The molecule has 0 aromatic rings. The van der Waals surface area contributed by atoms with Crippen LogP contribution in [0.5, 0.6) is 0 Å². The van der Waals surface area contributed by atoms with E-state index in [4.69, 9.17) is 0 Å². The maximum atomic E-state index is 12.3. The third kappa shape index (κ3) is 2.19. The summed E-state index contributed by atoms with van der Waals surface area (Å²) in [6.07, 6.45) is 1.94. The second-order valence-electron chi connectivity index (χ2n) is 4.92. The van der Waals surface area contributed by atoms with E-state index in [-0.39, 0.29) is 23.8 Å². The van der Waals surface area contributed by atoms with E-state index in [2.05, 4.69) is 10.6 Å². The molecule has 2 saturated heterocycles. The molecule has 2 aliphatic rings. The minimum atomic E-state index is -0.324. The van der Waals surface area contributed by atoms with Crippen molar-refractivity contribution in [3.05, 3.63) is 0 Å². The number of hydrogen-bond acceptors (Lipinski definition) is 3. The van der Waals surface area contributed by atoms with Crippen LogP contribution in [0.4, 0.5) is 0 Å². The van der Waals surface area contributed by atoms with Crippen LogP contribution in [0.3, 0.4) is 0 Å². The molecule has 0 aromatic heterocycles. The number of carbonyl (C=O) groups excluding carboxylic acids is 2. The first-order valence-corrected chi connectivity index (χ1v) is 5.89. The number of nitrogens with zero attached hydrogens (tertiary/aromatic N) is 1. The fourth-order valence-corrected chi connectivity index (χ4v) is 2.43. The Morgan fingerprint density at radius 3 is 2.88 bits per heavy atom. The van der Waals surface area contributed by atoms with Crippen LogP contribution in [-0.2, 0) is 9.59 Å². The number of carbonyl (C=O) groups is 2. The third-order valence-corrected chi connectivity index (χ3v) is 3.44. The molecule has 2 aliphatic heterocycles. The van der Waals surface area contributed by atoms with Crippen molar-refractivity contribution in [1.82, 2.24) is 15.5 Å². The van der Waals surface area contributed by atoms with Crippen LogP contribution in [0.15, 0.2) is 0 Å². The molecule has 5 heteroatoms. The van der Waals surface area contributed by atoms with E-state index in [0.717, 1.165) is 25.9 Å². The van der Waals surface area contributed by atoms with Crippen molar-refractivity contribution in [2.24, 2.45) is 5.41 Å². The Morgan fingerprint density at radius 2 is 2.25 bits per heavy atom. The van der Waals surface area contributed by atoms with Gasteiger partial charge in [0.25, 0.3) is 0 Å². The SMILES string of the molecule is CC1(C(=O)N2CCNC(=O)C2)CCCNC1. The summed E-state index contributed by atoms with van der Waals surface area (Å²) in [5.41, 5.74) is -0.324. The predicted molar refractivity (Wildman–Crippen MR) is 59.8 cm³/mol. The molecule has 2 amide bonds. The first-order chi connectivity index (χ1) is 7.62. The summed E-state index contributed by atoms with van der Waals surface area (Å²) in [5.74, 6) is 0.0709. The van der Waals surface area contributed by atoms with Gasteiger partial charge in [-0.2, -0.15) is 0 Å². The Hall–Kier alpha value is -1.10. The van der Waals surface area contributed by atoms with Crippen LogP contribution in [0, 0.1) is 5.41 Å². The summed E-state index contributed by atoms with van der Waals surface area (Å²) >= 11 is 0. The first-order valence-electron chi connectivity index (χ1n) is 5.89. The number of rotatable bonds is 1. The largest absolute Gasteiger partial charge is 0.353 e. The molecule has 0 aliphatic carbocycles. The number of hydrogen-bond donors (Lipinski definition) is 2. The van der Waals surface area contributed by atoms with Crippen LogP contribution in [0.2, 0.25) is 0 Å². The van der Waals surface area contributed by atoms with E-state index in [1.165, 1.54) is 0 Å². The molecule has 2 rings (SSSR count). The van der Waals surface area contributed by atoms with Gasteiger partial charge in [-0.25, -0.2) is 0 Å². The lowest BCUT2D eigenvalue weighted by Gasteiger charge is -2.38. The van der Waals surface area contributed by atoms with E-state index in [9.17, 15) is 9.59 Å². The molecule has 0 aromatic carbocycles. The zero-order valence-electron chi connectivity index (χ0n) is 9.71. The lowest BCUT2D eigenvalue weighted by molar-refractivity contribution is -0.146. The van der Waals surface area contributed by atoms with Gasteiger partial charge >= 0.3 is 0 Å². The molecule has 90 valence electrons. The predicted octanol–water partition coefficient (Wildman–Crippen LogP) is -0.665.